The summed E-state index contributed by atoms with van der Waals surface area (Å²) < 4.78 is 0. The quantitative estimate of drug-likeness (QED) is 0.623. The summed E-state index contributed by atoms with van der Waals surface area (Å²) in [5, 5.41) is 15.1. The topological polar surface area (TPSA) is 78.4 Å². The van der Waals surface area contributed by atoms with Gasteiger partial charge in [-0.3, -0.25) is 4.79 Å². The molecule has 1 saturated carbocycles. The van der Waals surface area contributed by atoms with E-state index in [1.165, 1.54) is 0 Å². The number of hydrogen-bond donors (Lipinski definition) is 3. The number of amides is 1. The lowest BCUT2D eigenvalue weighted by atomic mass is 9.76. The molecule has 2 atom stereocenters. The lowest BCUT2D eigenvalue weighted by Crippen LogP contribution is -2.58. The molecule has 3 N–H and O–H groups in total. The first-order chi connectivity index (χ1) is 8.50. The van der Waals surface area contributed by atoms with Crippen molar-refractivity contribution < 1.29 is 14.7 Å². The Bertz CT molecular complexity index is 307. The van der Waals surface area contributed by atoms with Gasteiger partial charge in [-0.15, -0.1) is 0 Å². The highest BCUT2D eigenvalue weighted by molar-refractivity contribution is 5.88. The smallest absolute Gasteiger partial charge is 0.329 e. The van der Waals surface area contributed by atoms with Crippen molar-refractivity contribution >= 4 is 11.9 Å². The highest BCUT2D eigenvalue weighted by Crippen LogP contribution is 2.32. The van der Waals surface area contributed by atoms with Gasteiger partial charge in [0.1, 0.15) is 5.54 Å². The molecule has 0 heterocycles. The highest BCUT2D eigenvalue weighted by atomic mass is 16.4. The van der Waals surface area contributed by atoms with Crippen molar-refractivity contribution in [1.82, 2.24) is 10.6 Å². The van der Waals surface area contributed by atoms with Crippen molar-refractivity contribution in [3.05, 3.63) is 0 Å². The SMILES string of the molecule is CCCNCC(=O)NC1(C(=O)O)CCCC(C)C1. The molecule has 0 aliphatic heterocycles. The number of carbonyl (C=O) groups is 2. The summed E-state index contributed by atoms with van der Waals surface area (Å²) in [5.41, 5.74) is -1.05. The van der Waals surface area contributed by atoms with E-state index in [0.29, 0.717) is 18.8 Å². The lowest BCUT2D eigenvalue weighted by Gasteiger charge is -2.37. The average Bonchev–Trinajstić information content (AvgIpc) is 2.29. The van der Waals surface area contributed by atoms with Gasteiger partial charge in [-0.1, -0.05) is 26.7 Å². The summed E-state index contributed by atoms with van der Waals surface area (Å²) >= 11 is 0. The molecular formula is C13H24N2O3. The third-order valence-corrected chi connectivity index (χ3v) is 3.50. The minimum absolute atomic E-state index is 0.192. The van der Waals surface area contributed by atoms with E-state index in [0.717, 1.165) is 25.8 Å². The van der Waals surface area contributed by atoms with E-state index in [4.69, 9.17) is 0 Å². The molecule has 0 bridgehead atoms. The zero-order valence-corrected chi connectivity index (χ0v) is 11.3. The van der Waals surface area contributed by atoms with Crippen LogP contribution in [0.2, 0.25) is 0 Å². The van der Waals surface area contributed by atoms with E-state index < -0.39 is 11.5 Å². The molecule has 0 aromatic carbocycles. The van der Waals surface area contributed by atoms with Gasteiger partial charge in [-0.25, -0.2) is 4.79 Å². The summed E-state index contributed by atoms with van der Waals surface area (Å²) in [6.45, 7) is 5.02. The molecule has 18 heavy (non-hydrogen) atoms. The fourth-order valence-corrected chi connectivity index (χ4v) is 2.60. The zero-order valence-electron chi connectivity index (χ0n) is 11.3. The second kappa shape index (κ2) is 6.73. The molecule has 0 aromatic rings. The van der Waals surface area contributed by atoms with Gasteiger partial charge in [-0.05, 0) is 31.7 Å². The van der Waals surface area contributed by atoms with E-state index in [-0.39, 0.29) is 12.5 Å². The van der Waals surface area contributed by atoms with E-state index in [9.17, 15) is 14.7 Å². The molecule has 1 fully saturated rings. The van der Waals surface area contributed by atoms with E-state index in [2.05, 4.69) is 10.6 Å². The Kier molecular flexibility index (Phi) is 5.59. The molecule has 1 amide bonds. The van der Waals surface area contributed by atoms with Gasteiger partial charge in [0.2, 0.25) is 5.91 Å². The monoisotopic (exact) mass is 256 g/mol. The van der Waals surface area contributed by atoms with Crippen molar-refractivity contribution in [2.75, 3.05) is 13.1 Å². The third-order valence-electron chi connectivity index (χ3n) is 3.50. The standard InChI is InChI=1S/C13H24N2O3/c1-3-7-14-9-11(16)15-13(12(17)18)6-4-5-10(2)8-13/h10,14H,3-9H2,1-2H3,(H,15,16)(H,17,18). The van der Waals surface area contributed by atoms with Crippen LogP contribution in [0.25, 0.3) is 0 Å². The van der Waals surface area contributed by atoms with Gasteiger partial charge in [0.25, 0.3) is 0 Å². The minimum atomic E-state index is -1.05. The van der Waals surface area contributed by atoms with E-state index in [1.807, 2.05) is 13.8 Å². The van der Waals surface area contributed by atoms with Crippen LogP contribution < -0.4 is 10.6 Å². The van der Waals surface area contributed by atoms with Gasteiger partial charge in [0.05, 0.1) is 6.54 Å². The first kappa shape index (κ1) is 15.0. The fraction of sp³-hybridized carbons (Fsp3) is 0.846. The maximum absolute atomic E-state index is 11.8. The van der Waals surface area contributed by atoms with Crippen LogP contribution in [0.4, 0.5) is 0 Å². The molecule has 2 unspecified atom stereocenters. The second-order valence-electron chi connectivity index (χ2n) is 5.31. The second-order valence-corrected chi connectivity index (χ2v) is 5.31. The first-order valence-corrected chi connectivity index (χ1v) is 6.75. The van der Waals surface area contributed by atoms with Crippen LogP contribution >= 0.6 is 0 Å². The summed E-state index contributed by atoms with van der Waals surface area (Å²) in [6.07, 6.45) is 3.91. The average molecular weight is 256 g/mol. The maximum Gasteiger partial charge on any atom is 0.329 e. The largest absolute Gasteiger partial charge is 0.480 e. The van der Waals surface area contributed by atoms with Crippen LogP contribution in [0, 0.1) is 5.92 Å². The summed E-state index contributed by atoms with van der Waals surface area (Å²) in [4.78, 5) is 23.2. The van der Waals surface area contributed by atoms with Gasteiger partial charge >= 0.3 is 5.97 Å². The number of carboxylic acids is 1. The molecule has 1 rings (SSSR count). The minimum Gasteiger partial charge on any atom is -0.480 e. The fourth-order valence-electron chi connectivity index (χ4n) is 2.60. The molecular weight excluding hydrogens is 232 g/mol. The number of rotatable bonds is 6. The van der Waals surface area contributed by atoms with Crippen molar-refractivity contribution in [3.8, 4) is 0 Å². The maximum atomic E-state index is 11.8. The summed E-state index contributed by atoms with van der Waals surface area (Å²) in [5.74, 6) is -0.781. The predicted octanol–water partition coefficient (Wildman–Crippen LogP) is 1.14. The van der Waals surface area contributed by atoms with Crippen molar-refractivity contribution in [3.63, 3.8) is 0 Å². The molecule has 0 aromatic heterocycles. The van der Waals surface area contributed by atoms with Crippen LogP contribution in [0.5, 0.6) is 0 Å². The van der Waals surface area contributed by atoms with E-state index >= 15 is 0 Å². The summed E-state index contributed by atoms with van der Waals surface area (Å²) in [6, 6.07) is 0. The Hall–Kier alpha value is -1.10. The van der Waals surface area contributed by atoms with Crippen molar-refractivity contribution in [2.24, 2.45) is 5.92 Å². The highest BCUT2D eigenvalue weighted by Gasteiger charge is 2.42. The number of aliphatic carboxylic acids is 1. The van der Waals surface area contributed by atoms with E-state index in [1.54, 1.807) is 0 Å². The Morgan fingerprint density at radius 1 is 1.44 bits per heavy atom. The molecule has 1 aliphatic rings. The Balaban J connectivity index is 2.57. The van der Waals surface area contributed by atoms with Gasteiger partial charge < -0.3 is 15.7 Å². The number of carboxylic acid groups (broad SMARTS) is 1. The predicted molar refractivity (Wildman–Crippen MR) is 69.3 cm³/mol. The Labute approximate surface area is 108 Å². The number of hydrogen-bond acceptors (Lipinski definition) is 3. The normalized spacial score (nSPS) is 27.8. The summed E-state index contributed by atoms with van der Waals surface area (Å²) in [7, 11) is 0. The molecule has 0 radical (unpaired) electrons. The van der Waals surface area contributed by atoms with Gasteiger partial charge in [0, 0.05) is 0 Å². The van der Waals surface area contributed by atoms with Crippen LogP contribution in [-0.2, 0) is 9.59 Å². The molecule has 5 nitrogen and oxygen atoms in total. The van der Waals surface area contributed by atoms with Crippen LogP contribution in [-0.4, -0.2) is 35.6 Å². The van der Waals surface area contributed by atoms with Crippen molar-refractivity contribution in [1.29, 1.82) is 0 Å². The van der Waals surface area contributed by atoms with Crippen molar-refractivity contribution in [2.45, 2.75) is 51.5 Å². The van der Waals surface area contributed by atoms with Gasteiger partial charge in [-0.2, -0.15) is 0 Å². The zero-order chi connectivity index (χ0) is 13.6. The molecule has 104 valence electrons. The lowest BCUT2D eigenvalue weighted by molar-refractivity contribution is -0.149. The third kappa shape index (κ3) is 3.98. The van der Waals surface area contributed by atoms with Crippen LogP contribution in [0.1, 0.15) is 46.0 Å². The van der Waals surface area contributed by atoms with Crippen LogP contribution in [0.3, 0.4) is 0 Å². The van der Waals surface area contributed by atoms with Gasteiger partial charge in [0.15, 0.2) is 0 Å². The molecule has 0 spiro atoms. The first-order valence-electron chi connectivity index (χ1n) is 6.75. The molecule has 1 aliphatic carbocycles. The Morgan fingerprint density at radius 3 is 2.72 bits per heavy atom. The Morgan fingerprint density at radius 2 is 2.17 bits per heavy atom. The molecule has 0 saturated heterocycles. The number of carbonyl (C=O) groups excluding carboxylic acids is 1. The molecule has 5 heteroatoms. The van der Waals surface area contributed by atoms with Crippen LogP contribution in [0.15, 0.2) is 0 Å². The number of nitrogens with one attached hydrogen (secondary N) is 2.